The minimum atomic E-state index is -2.93. The van der Waals surface area contributed by atoms with Gasteiger partial charge in [-0.1, -0.05) is 24.8 Å². The Morgan fingerprint density at radius 2 is 2.03 bits per heavy atom. The van der Waals surface area contributed by atoms with Crippen LogP contribution in [-0.4, -0.2) is 35.2 Å². The Labute approximate surface area is 177 Å². The number of halogens is 3. The van der Waals surface area contributed by atoms with Crippen molar-refractivity contribution < 1.29 is 17.9 Å². The quantitative estimate of drug-likeness (QED) is 0.385. The summed E-state index contributed by atoms with van der Waals surface area (Å²) in [7, 11) is 1.81. The lowest BCUT2D eigenvalue weighted by Crippen LogP contribution is -2.16. The topological polar surface area (TPSA) is 72.0 Å². The molecule has 162 valence electrons. The minimum Gasteiger partial charge on any atom is -0.476 e. The van der Waals surface area contributed by atoms with Gasteiger partial charge in [0.15, 0.2) is 0 Å². The number of hydrogen-bond acceptors (Lipinski definition) is 6. The molecule has 0 bridgehead atoms. The molecule has 0 saturated carbocycles. The zero-order valence-corrected chi connectivity index (χ0v) is 17.1. The molecule has 2 N–H and O–H groups in total. The first-order valence-corrected chi connectivity index (χ1v) is 9.55. The molecule has 1 unspecified atom stereocenters. The van der Waals surface area contributed by atoms with Gasteiger partial charge in [-0.05, 0) is 20.0 Å². The summed E-state index contributed by atoms with van der Waals surface area (Å²) in [6.07, 6.45) is 0.0710. The van der Waals surface area contributed by atoms with Crippen LogP contribution in [0.3, 0.4) is 0 Å². The van der Waals surface area contributed by atoms with E-state index >= 15 is 0 Å². The summed E-state index contributed by atoms with van der Waals surface area (Å²) in [4.78, 5) is 13.0. The number of nitrogens with one attached hydrogen (secondary N) is 2. The fourth-order valence-corrected chi connectivity index (χ4v) is 3.03. The van der Waals surface area contributed by atoms with Crippen molar-refractivity contribution in [1.29, 1.82) is 0 Å². The zero-order valence-electron chi connectivity index (χ0n) is 17.1. The highest BCUT2D eigenvalue weighted by Crippen LogP contribution is 2.31. The molecule has 0 saturated heterocycles. The first kappa shape index (κ1) is 22.3. The molecule has 0 spiro atoms. The monoisotopic (exact) mass is 429 g/mol. The summed E-state index contributed by atoms with van der Waals surface area (Å²) in [5, 5.41) is 6.66. The molecule has 0 fully saturated rings. The van der Waals surface area contributed by atoms with Crippen molar-refractivity contribution >= 4 is 16.7 Å². The number of anilines is 1. The van der Waals surface area contributed by atoms with Crippen LogP contribution in [-0.2, 0) is 0 Å². The van der Waals surface area contributed by atoms with Crippen molar-refractivity contribution in [2.75, 3.05) is 25.5 Å². The first-order valence-electron chi connectivity index (χ1n) is 9.55. The number of nitrogens with zero attached hydrogens (tertiary/aromatic N) is 3. The van der Waals surface area contributed by atoms with Crippen molar-refractivity contribution in [2.24, 2.45) is 0 Å². The average Bonchev–Trinajstić information content (AvgIpc) is 2.74. The number of ether oxygens (including phenoxy) is 1. The number of hydrogen-bond donors (Lipinski definition) is 2. The van der Waals surface area contributed by atoms with E-state index in [9.17, 15) is 13.2 Å². The van der Waals surface area contributed by atoms with E-state index in [0.717, 1.165) is 6.07 Å². The number of aromatic nitrogens is 3. The molecule has 1 aromatic carbocycles. The van der Waals surface area contributed by atoms with Gasteiger partial charge in [0, 0.05) is 23.6 Å². The zero-order chi connectivity index (χ0) is 22.4. The van der Waals surface area contributed by atoms with Crippen molar-refractivity contribution in [3.63, 3.8) is 0 Å². The van der Waals surface area contributed by atoms with E-state index in [0.29, 0.717) is 41.6 Å². The number of aryl methyl sites for hydroxylation is 1. The molecule has 6 nitrogen and oxygen atoms in total. The molecule has 9 heteroatoms. The van der Waals surface area contributed by atoms with Gasteiger partial charge in [0.05, 0.1) is 23.3 Å². The highest BCUT2D eigenvalue weighted by molar-refractivity contribution is 5.89. The predicted octanol–water partition coefficient (Wildman–Crippen LogP) is 4.50. The summed E-state index contributed by atoms with van der Waals surface area (Å²) in [5.74, 6) is 0.222. The van der Waals surface area contributed by atoms with Crippen LogP contribution in [0.5, 0.6) is 5.88 Å². The third-order valence-corrected chi connectivity index (χ3v) is 4.48. The van der Waals surface area contributed by atoms with Crippen LogP contribution in [0.2, 0.25) is 0 Å². The predicted molar refractivity (Wildman–Crippen MR) is 113 cm³/mol. The second kappa shape index (κ2) is 10.1. The van der Waals surface area contributed by atoms with Gasteiger partial charge < -0.3 is 15.4 Å². The lowest BCUT2D eigenvalue weighted by atomic mass is 10.0. The number of fused-ring (bicyclic) bond motifs is 1. The fourth-order valence-electron chi connectivity index (χ4n) is 3.03. The van der Waals surface area contributed by atoms with Crippen LogP contribution < -0.4 is 15.4 Å². The number of benzene rings is 1. The smallest absolute Gasteiger partial charge is 0.266 e. The Balaban J connectivity index is 2.04. The van der Waals surface area contributed by atoms with Gasteiger partial charge in [-0.2, -0.15) is 0 Å². The van der Waals surface area contributed by atoms with Crippen molar-refractivity contribution in [3.05, 3.63) is 71.6 Å². The highest BCUT2D eigenvalue weighted by Gasteiger charge is 2.21. The van der Waals surface area contributed by atoms with Crippen LogP contribution in [0.25, 0.3) is 10.9 Å². The molecular formula is C22H22F3N5O. The van der Waals surface area contributed by atoms with Crippen LogP contribution in [0, 0.1) is 12.7 Å². The van der Waals surface area contributed by atoms with E-state index in [1.54, 1.807) is 19.2 Å². The van der Waals surface area contributed by atoms with Crippen LogP contribution in [0.15, 0.2) is 48.8 Å². The largest absolute Gasteiger partial charge is 0.476 e. The standard InChI is InChI=1S/C22H22F3N5O/c1-4-6-17(14-7-5-8-15(20(14)23)21(24)25)30-22-16-11-19(31-10-9-26-3)27-12-18(16)28-13(2)29-22/h5-8,11-12,17,21,26H,1,9-10H2,2-3H3,(H,28,29,30). The number of likely N-dealkylation sites (N-methyl/N-ethyl adjacent to an activating group) is 1. The summed E-state index contributed by atoms with van der Waals surface area (Å²) < 4.78 is 46.7. The molecule has 2 aromatic heterocycles. The molecule has 0 radical (unpaired) electrons. The SMILES string of the molecule is C=C=CC(Nc1nc(C)nc2cnc(OCCNC)cc12)c1cccc(C(F)F)c1F. The molecular weight excluding hydrogens is 407 g/mol. The molecule has 2 heterocycles. The van der Waals surface area contributed by atoms with Gasteiger partial charge in [-0.3, -0.25) is 0 Å². The van der Waals surface area contributed by atoms with E-state index in [4.69, 9.17) is 4.74 Å². The Bertz CT molecular complexity index is 1120. The third-order valence-electron chi connectivity index (χ3n) is 4.48. The van der Waals surface area contributed by atoms with Gasteiger partial charge in [-0.15, -0.1) is 5.73 Å². The molecule has 0 aliphatic heterocycles. The molecule has 0 aliphatic carbocycles. The lowest BCUT2D eigenvalue weighted by molar-refractivity contribution is 0.146. The number of rotatable bonds is 9. The van der Waals surface area contributed by atoms with Gasteiger partial charge in [0.25, 0.3) is 6.43 Å². The summed E-state index contributed by atoms with van der Waals surface area (Å²) in [6.45, 7) is 6.29. The molecule has 0 amide bonds. The molecule has 31 heavy (non-hydrogen) atoms. The fraction of sp³-hybridized carbons (Fsp3) is 0.273. The van der Waals surface area contributed by atoms with Gasteiger partial charge in [-0.25, -0.2) is 28.1 Å². The van der Waals surface area contributed by atoms with E-state index in [2.05, 4.69) is 37.9 Å². The molecule has 1 atom stereocenters. The number of alkyl halides is 2. The summed E-state index contributed by atoms with van der Waals surface area (Å²) >= 11 is 0. The maximum atomic E-state index is 14.8. The van der Waals surface area contributed by atoms with Gasteiger partial charge in [0.1, 0.15) is 24.1 Å². The van der Waals surface area contributed by atoms with Crippen molar-refractivity contribution in [2.45, 2.75) is 19.4 Å². The van der Waals surface area contributed by atoms with Crippen molar-refractivity contribution in [1.82, 2.24) is 20.3 Å². The van der Waals surface area contributed by atoms with Gasteiger partial charge in [0.2, 0.25) is 5.88 Å². The van der Waals surface area contributed by atoms with E-state index in [-0.39, 0.29) is 5.56 Å². The van der Waals surface area contributed by atoms with E-state index in [1.165, 1.54) is 18.2 Å². The second-order valence-corrected chi connectivity index (χ2v) is 6.66. The second-order valence-electron chi connectivity index (χ2n) is 6.66. The van der Waals surface area contributed by atoms with Gasteiger partial charge >= 0.3 is 0 Å². The van der Waals surface area contributed by atoms with Crippen LogP contribution in [0.4, 0.5) is 19.0 Å². The highest BCUT2D eigenvalue weighted by atomic mass is 19.3. The van der Waals surface area contributed by atoms with Crippen molar-refractivity contribution in [3.8, 4) is 5.88 Å². The molecule has 0 aliphatic rings. The summed E-state index contributed by atoms with van der Waals surface area (Å²) in [5.41, 5.74) is 2.50. The maximum Gasteiger partial charge on any atom is 0.266 e. The Kier molecular flexibility index (Phi) is 7.23. The van der Waals surface area contributed by atoms with Crippen LogP contribution in [0.1, 0.15) is 29.4 Å². The van der Waals surface area contributed by atoms with Crippen LogP contribution >= 0.6 is 0 Å². The lowest BCUT2D eigenvalue weighted by Gasteiger charge is -2.19. The maximum absolute atomic E-state index is 14.8. The minimum absolute atomic E-state index is 0.0258. The Morgan fingerprint density at radius 1 is 1.26 bits per heavy atom. The first-order chi connectivity index (χ1) is 14.9. The molecule has 3 aromatic rings. The normalized spacial score (nSPS) is 11.9. The van der Waals surface area contributed by atoms with E-state index < -0.39 is 23.8 Å². The Hall–Kier alpha value is -3.42. The van der Waals surface area contributed by atoms with E-state index in [1.807, 2.05) is 7.05 Å². The summed E-state index contributed by atoms with van der Waals surface area (Å²) in [6, 6.07) is 4.70. The molecule has 3 rings (SSSR count). The Morgan fingerprint density at radius 3 is 2.74 bits per heavy atom. The third kappa shape index (κ3) is 5.20. The number of pyridine rings is 1. The average molecular weight is 429 g/mol.